The van der Waals surface area contributed by atoms with Crippen molar-refractivity contribution in [2.75, 3.05) is 31.6 Å². The van der Waals surface area contributed by atoms with E-state index in [1.807, 2.05) is 30.3 Å². The topological polar surface area (TPSA) is 87.7 Å². The summed E-state index contributed by atoms with van der Waals surface area (Å²) in [6.07, 6.45) is 5.73. The van der Waals surface area contributed by atoms with Crippen molar-refractivity contribution in [3.05, 3.63) is 51.9 Å². The summed E-state index contributed by atoms with van der Waals surface area (Å²) in [6, 6.07) is 10.2. The fourth-order valence-corrected chi connectivity index (χ4v) is 6.01. The summed E-state index contributed by atoms with van der Waals surface area (Å²) in [4.78, 5) is 40.9. The van der Waals surface area contributed by atoms with Gasteiger partial charge in [-0.1, -0.05) is 30.3 Å². The van der Waals surface area contributed by atoms with Gasteiger partial charge in [0.05, 0.1) is 18.7 Å². The highest BCUT2D eigenvalue weighted by Crippen LogP contribution is 2.39. The molecule has 34 heavy (non-hydrogen) atoms. The number of aryl methyl sites for hydroxylation is 2. The van der Waals surface area contributed by atoms with E-state index in [0.717, 1.165) is 57.2 Å². The molecule has 2 aromatic rings. The maximum absolute atomic E-state index is 12.8. The third kappa shape index (κ3) is 6.24. The molecule has 1 aliphatic carbocycles. The molecule has 7 nitrogen and oxygen atoms in total. The molecule has 0 spiro atoms. The smallest absolute Gasteiger partial charge is 0.341 e. The number of carbonyl (C=O) groups is 3. The molecule has 0 unspecified atom stereocenters. The molecule has 0 radical (unpaired) electrons. The van der Waals surface area contributed by atoms with Crippen LogP contribution in [0, 0.1) is 0 Å². The Bertz CT molecular complexity index is 1010. The summed E-state index contributed by atoms with van der Waals surface area (Å²) in [5, 5.41) is 6.73. The number of benzene rings is 1. The van der Waals surface area contributed by atoms with Crippen molar-refractivity contribution < 1.29 is 19.1 Å². The molecule has 1 aliphatic heterocycles. The molecule has 0 saturated carbocycles. The Labute approximate surface area is 204 Å². The summed E-state index contributed by atoms with van der Waals surface area (Å²) in [7, 11) is 0. The average Bonchev–Trinajstić information content (AvgIpc) is 3.40. The lowest BCUT2D eigenvalue weighted by molar-refractivity contribution is -0.122. The Balaban J connectivity index is 1.22. The van der Waals surface area contributed by atoms with Crippen molar-refractivity contribution >= 4 is 34.1 Å². The van der Waals surface area contributed by atoms with Crippen molar-refractivity contribution in [3.63, 3.8) is 0 Å². The second-order valence-electron chi connectivity index (χ2n) is 8.93. The van der Waals surface area contributed by atoms with E-state index in [9.17, 15) is 14.4 Å². The molecule has 2 amide bonds. The van der Waals surface area contributed by atoms with Crippen LogP contribution >= 0.6 is 11.3 Å². The van der Waals surface area contributed by atoms with Crippen LogP contribution in [0.1, 0.15) is 59.0 Å². The molecule has 2 aliphatic rings. The highest BCUT2D eigenvalue weighted by molar-refractivity contribution is 7.17. The molecule has 1 saturated heterocycles. The molecule has 2 heterocycles. The number of fused-ring (bicyclic) bond motifs is 1. The maximum Gasteiger partial charge on any atom is 0.341 e. The van der Waals surface area contributed by atoms with Crippen molar-refractivity contribution in [2.45, 2.75) is 57.9 Å². The number of nitrogens with zero attached hydrogens (tertiary/aromatic N) is 1. The molecule has 1 aromatic carbocycles. The zero-order valence-electron chi connectivity index (χ0n) is 19.7. The maximum atomic E-state index is 12.8. The Hall–Kier alpha value is -2.71. The zero-order chi connectivity index (χ0) is 23.9. The average molecular weight is 484 g/mol. The summed E-state index contributed by atoms with van der Waals surface area (Å²) >= 11 is 1.50. The number of hydrogen-bond donors (Lipinski definition) is 2. The number of thiophene rings is 1. The van der Waals surface area contributed by atoms with E-state index in [4.69, 9.17) is 4.74 Å². The number of hydrogen-bond acceptors (Lipinski definition) is 6. The van der Waals surface area contributed by atoms with Crippen LogP contribution in [0.2, 0.25) is 0 Å². The molecule has 0 atom stereocenters. The van der Waals surface area contributed by atoms with Crippen molar-refractivity contribution in [1.29, 1.82) is 0 Å². The summed E-state index contributed by atoms with van der Waals surface area (Å²) in [5.74, 6) is -0.380. The number of amides is 2. The van der Waals surface area contributed by atoms with Crippen LogP contribution < -0.4 is 10.6 Å². The fraction of sp³-hybridized carbons (Fsp3) is 0.500. The van der Waals surface area contributed by atoms with E-state index >= 15 is 0 Å². The normalized spacial score (nSPS) is 16.1. The quantitative estimate of drug-likeness (QED) is 0.533. The van der Waals surface area contributed by atoms with Gasteiger partial charge >= 0.3 is 5.97 Å². The second-order valence-corrected chi connectivity index (χ2v) is 10.0. The van der Waals surface area contributed by atoms with Gasteiger partial charge in [0.2, 0.25) is 11.8 Å². The van der Waals surface area contributed by atoms with Crippen LogP contribution in [0.4, 0.5) is 5.00 Å². The number of anilines is 1. The first kappa shape index (κ1) is 24.4. The van der Waals surface area contributed by atoms with Crippen LogP contribution in [0.25, 0.3) is 0 Å². The van der Waals surface area contributed by atoms with E-state index in [1.165, 1.54) is 21.8 Å². The lowest BCUT2D eigenvalue weighted by Gasteiger charge is -2.31. The highest BCUT2D eigenvalue weighted by Gasteiger charge is 2.29. The monoisotopic (exact) mass is 483 g/mol. The highest BCUT2D eigenvalue weighted by atomic mass is 32.1. The Morgan fingerprint density at radius 2 is 1.85 bits per heavy atom. The van der Waals surface area contributed by atoms with Crippen LogP contribution in [0.15, 0.2) is 30.3 Å². The minimum absolute atomic E-state index is 0.0808. The molecule has 1 aromatic heterocycles. The van der Waals surface area contributed by atoms with Gasteiger partial charge in [0, 0.05) is 30.4 Å². The fourth-order valence-electron chi connectivity index (χ4n) is 4.72. The van der Waals surface area contributed by atoms with Gasteiger partial charge < -0.3 is 15.4 Å². The number of nitrogens with one attached hydrogen (secondary N) is 2. The predicted octanol–water partition coefficient (Wildman–Crippen LogP) is 3.57. The third-order valence-corrected chi connectivity index (χ3v) is 7.66. The van der Waals surface area contributed by atoms with Crippen LogP contribution in [0.5, 0.6) is 0 Å². The van der Waals surface area contributed by atoms with Crippen LogP contribution in [-0.4, -0.2) is 55.0 Å². The van der Waals surface area contributed by atoms with Gasteiger partial charge in [-0.25, -0.2) is 4.79 Å². The van der Waals surface area contributed by atoms with Crippen molar-refractivity contribution in [2.24, 2.45) is 0 Å². The first-order chi connectivity index (χ1) is 16.5. The zero-order valence-corrected chi connectivity index (χ0v) is 20.5. The number of ether oxygens (including phenoxy) is 1. The molecular formula is C26H33N3O4S. The van der Waals surface area contributed by atoms with Gasteiger partial charge in [-0.15, -0.1) is 11.3 Å². The first-order valence-corrected chi connectivity index (χ1v) is 13.0. The predicted molar refractivity (Wildman–Crippen MR) is 133 cm³/mol. The van der Waals surface area contributed by atoms with Crippen molar-refractivity contribution in [1.82, 2.24) is 10.2 Å². The minimum Gasteiger partial charge on any atom is -0.462 e. The SMILES string of the molecule is CCOC(=O)c1c(NC(=O)CN2CCC(NC(=O)CCc3ccccc3)CC2)sc2c1CCC2. The lowest BCUT2D eigenvalue weighted by Crippen LogP contribution is -2.46. The van der Waals surface area contributed by atoms with Crippen LogP contribution in [0.3, 0.4) is 0 Å². The van der Waals surface area contributed by atoms with Gasteiger partial charge in [0.1, 0.15) is 5.00 Å². The number of rotatable bonds is 9. The second kappa shape index (κ2) is 11.6. The summed E-state index contributed by atoms with van der Waals surface area (Å²) in [6.45, 7) is 3.89. The number of esters is 1. The lowest BCUT2D eigenvalue weighted by atomic mass is 10.0. The van der Waals surface area contributed by atoms with E-state index < -0.39 is 0 Å². The van der Waals surface area contributed by atoms with E-state index in [2.05, 4.69) is 15.5 Å². The molecule has 0 bridgehead atoms. The summed E-state index contributed by atoms with van der Waals surface area (Å²) in [5.41, 5.74) is 2.76. The van der Waals surface area contributed by atoms with Gasteiger partial charge in [0.15, 0.2) is 0 Å². The molecule has 182 valence electrons. The first-order valence-electron chi connectivity index (χ1n) is 12.2. The molecule has 2 N–H and O–H groups in total. The standard InChI is InChI=1S/C26H33N3O4S/c1-2-33-26(32)24-20-9-6-10-21(20)34-25(24)28-23(31)17-29-15-13-19(14-16-29)27-22(30)12-11-18-7-4-3-5-8-18/h3-5,7-8,19H,2,6,9-17H2,1H3,(H,27,30)(H,28,31). The van der Waals surface area contributed by atoms with Gasteiger partial charge in [-0.2, -0.15) is 0 Å². The molecular weight excluding hydrogens is 450 g/mol. The molecule has 4 rings (SSSR count). The number of piperidine rings is 1. The van der Waals surface area contributed by atoms with E-state index in [-0.39, 0.29) is 30.4 Å². The van der Waals surface area contributed by atoms with Gasteiger partial charge in [0.25, 0.3) is 0 Å². The van der Waals surface area contributed by atoms with Gasteiger partial charge in [-0.05, 0) is 56.6 Å². The molecule has 1 fully saturated rings. The minimum atomic E-state index is -0.346. The van der Waals surface area contributed by atoms with E-state index in [0.29, 0.717) is 23.6 Å². The summed E-state index contributed by atoms with van der Waals surface area (Å²) < 4.78 is 5.24. The number of carbonyl (C=O) groups excluding carboxylic acids is 3. The third-order valence-electron chi connectivity index (χ3n) is 6.46. The van der Waals surface area contributed by atoms with Crippen molar-refractivity contribution in [3.8, 4) is 0 Å². The largest absolute Gasteiger partial charge is 0.462 e. The Kier molecular flexibility index (Phi) is 8.34. The van der Waals surface area contributed by atoms with Crippen LogP contribution in [-0.2, 0) is 33.6 Å². The number of likely N-dealkylation sites (tertiary alicyclic amines) is 1. The van der Waals surface area contributed by atoms with E-state index in [1.54, 1.807) is 6.92 Å². The molecule has 8 heteroatoms. The van der Waals surface area contributed by atoms with Gasteiger partial charge in [-0.3, -0.25) is 14.5 Å². The Morgan fingerprint density at radius 3 is 2.59 bits per heavy atom. The Morgan fingerprint density at radius 1 is 1.09 bits per heavy atom.